The number of nitrogens with one attached hydrogen (secondary N) is 2. The smallest absolute Gasteiger partial charge is 0.269 e. The lowest BCUT2D eigenvalue weighted by Gasteiger charge is -2.21. The van der Waals surface area contributed by atoms with Crippen LogP contribution in [0.25, 0.3) is 0 Å². The fraction of sp³-hybridized carbons (Fsp3) is 0.625. The minimum absolute atomic E-state index is 0.119. The lowest BCUT2D eigenvalue weighted by molar-refractivity contribution is 0.0951. The van der Waals surface area contributed by atoms with Gasteiger partial charge in [0.2, 0.25) is 0 Å². The molecular formula is C16H26N4O. The number of pyridine rings is 1. The van der Waals surface area contributed by atoms with Gasteiger partial charge in [-0.2, -0.15) is 0 Å². The van der Waals surface area contributed by atoms with Gasteiger partial charge < -0.3 is 15.5 Å². The van der Waals surface area contributed by atoms with Crippen LogP contribution in [0.2, 0.25) is 0 Å². The molecule has 0 aromatic carbocycles. The van der Waals surface area contributed by atoms with Crippen molar-refractivity contribution in [3.05, 3.63) is 24.0 Å². The summed E-state index contributed by atoms with van der Waals surface area (Å²) in [5, 5.41) is 6.18. The summed E-state index contributed by atoms with van der Waals surface area (Å²) in [6.45, 7) is 9.31. The van der Waals surface area contributed by atoms with Gasteiger partial charge in [0.25, 0.3) is 5.91 Å². The van der Waals surface area contributed by atoms with Crippen LogP contribution in [0.15, 0.2) is 18.3 Å². The highest BCUT2D eigenvalue weighted by Gasteiger charge is 2.14. The van der Waals surface area contributed by atoms with Crippen molar-refractivity contribution in [2.24, 2.45) is 5.92 Å². The Morgan fingerprint density at radius 3 is 2.90 bits per heavy atom. The topological polar surface area (TPSA) is 57.3 Å². The number of hydrogen-bond acceptors (Lipinski definition) is 4. The van der Waals surface area contributed by atoms with Gasteiger partial charge >= 0.3 is 0 Å². The maximum absolute atomic E-state index is 11.8. The number of aromatic nitrogens is 1. The summed E-state index contributed by atoms with van der Waals surface area (Å²) in [5.74, 6) is 0.468. The van der Waals surface area contributed by atoms with Crippen molar-refractivity contribution in [2.45, 2.75) is 26.7 Å². The maximum Gasteiger partial charge on any atom is 0.269 e. The van der Waals surface area contributed by atoms with Gasteiger partial charge in [0, 0.05) is 31.5 Å². The van der Waals surface area contributed by atoms with E-state index >= 15 is 0 Å². The molecule has 1 unspecified atom stereocenters. The molecule has 1 amide bonds. The van der Waals surface area contributed by atoms with Crippen LogP contribution in [0, 0.1) is 5.92 Å². The van der Waals surface area contributed by atoms with Gasteiger partial charge in [0.1, 0.15) is 5.69 Å². The molecule has 0 saturated carbocycles. The molecule has 1 atom stereocenters. The van der Waals surface area contributed by atoms with E-state index in [1.807, 2.05) is 19.1 Å². The molecule has 1 aliphatic heterocycles. The Kier molecular flexibility index (Phi) is 5.99. The molecule has 0 spiro atoms. The van der Waals surface area contributed by atoms with Crippen molar-refractivity contribution >= 4 is 11.6 Å². The van der Waals surface area contributed by atoms with Gasteiger partial charge in [-0.05, 0) is 50.9 Å². The highest BCUT2D eigenvalue weighted by Crippen LogP contribution is 2.12. The zero-order valence-electron chi connectivity index (χ0n) is 13.1. The summed E-state index contributed by atoms with van der Waals surface area (Å²) in [6.07, 6.45) is 4.35. The highest BCUT2D eigenvalue weighted by atomic mass is 16.1. The predicted octanol–water partition coefficient (Wildman–Crippen LogP) is 1.98. The quantitative estimate of drug-likeness (QED) is 0.806. The molecule has 1 aliphatic rings. The fourth-order valence-corrected chi connectivity index (χ4v) is 2.68. The molecule has 1 aromatic heterocycles. The van der Waals surface area contributed by atoms with E-state index in [0.717, 1.165) is 18.8 Å². The van der Waals surface area contributed by atoms with Crippen LogP contribution in [0.5, 0.6) is 0 Å². The van der Waals surface area contributed by atoms with Gasteiger partial charge in [-0.25, -0.2) is 0 Å². The third-order valence-corrected chi connectivity index (χ3v) is 3.75. The molecule has 2 rings (SSSR count). The first-order valence-corrected chi connectivity index (χ1v) is 7.89. The van der Waals surface area contributed by atoms with Crippen LogP contribution in [-0.2, 0) is 0 Å². The zero-order chi connectivity index (χ0) is 15.1. The molecule has 2 heterocycles. The summed E-state index contributed by atoms with van der Waals surface area (Å²) >= 11 is 0. The first kappa shape index (κ1) is 15.8. The number of rotatable bonds is 7. The van der Waals surface area contributed by atoms with E-state index in [0.29, 0.717) is 18.2 Å². The standard InChI is InChI=1S/C16H26N4O/c1-3-17-16(21)15-10-14(6-7-18-15)19-11-13(2)12-20-8-4-5-9-20/h6-7,10,13H,3-5,8-9,11-12H2,1-2H3,(H,17,21)(H,18,19). The number of likely N-dealkylation sites (tertiary alicyclic amines) is 1. The van der Waals surface area contributed by atoms with Gasteiger partial charge in [-0.1, -0.05) is 6.92 Å². The lowest BCUT2D eigenvalue weighted by atomic mass is 10.1. The second-order valence-corrected chi connectivity index (χ2v) is 5.78. The monoisotopic (exact) mass is 290 g/mol. The van der Waals surface area contributed by atoms with E-state index in [1.54, 1.807) is 6.20 Å². The van der Waals surface area contributed by atoms with E-state index in [1.165, 1.54) is 25.9 Å². The average Bonchev–Trinajstić information content (AvgIpc) is 2.98. The van der Waals surface area contributed by atoms with Crippen LogP contribution >= 0.6 is 0 Å². The van der Waals surface area contributed by atoms with Gasteiger partial charge in [0.05, 0.1) is 0 Å². The SMILES string of the molecule is CCNC(=O)c1cc(NCC(C)CN2CCCC2)ccn1. The Morgan fingerprint density at radius 1 is 1.43 bits per heavy atom. The molecule has 21 heavy (non-hydrogen) atoms. The molecule has 0 radical (unpaired) electrons. The largest absolute Gasteiger partial charge is 0.385 e. The molecule has 116 valence electrons. The van der Waals surface area contributed by atoms with E-state index in [2.05, 4.69) is 27.4 Å². The Labute approximate surface area is 127 Å². The summed E-state index contributed by atoms with van der Waals surface area (Å²) < 4.78 is 0. The van der Waals surface area contributed by atoms with Crippen LogP contribution in [0.1, 0.15) is 37.2 Å². The number of amides is 1. The molecule has 1 aromatic rings. The van der Waals surface area contributed by atoms with Crippen molar-refractivity contribution in [3.63, 3.8) is 0 Å². The predicted molar refractivity (Wildman–Crippen MR) is 85.6 cm³/mol. The first-order chi connectivity index (χ1) is 10.2. The van der Waals surface area contributed by atoms with Crippen LogP contribution < -0.4 is 10.6 Å². The average molecular weight is 290 g/mol. The van der Waals surface area contributed by atoms with E-state index in [9.17, 15) is 4.79 Å². The third kappa shape index (κ3) is 5.01. The van der Waals surface area contributed by atoms with E-state index in [-0.39, 0.29) is 5.91 Å². The number of carbonyl (C=O) groups is 1. The molecule has 1 fully saturated rings. The van der Waals surface area contributed by atoms with Crippen molar-refractivity contribution in [1.82, 2.24) is 15.2 Å². The number of carbonyl (C=O) groups excluding carboxylic acids is 1. The molecular weight excluding hydrogens is 264 g/mol. The fourth-order valence-electron chi connectivity index (χ4n) is 2.68. The molecule has 5 nitrogen and oxygen atoms in total. The Balaban J connectivity index is 1.81. The minimum atomic E-state index is -0.119. The molecule has 2 N–H and O–H groups in total. The van der Waals surface area contributed by atoms with Gasteiger partial charge in [0.15, 0.2) is 0 Å². The Morgan fingerprint density at radius 2 is 2.19 bits per heavy atom. The summed E-state index contributed by atoms with van der Waals surface area (Å²) in [6, 6.07) is 3.72. The lowest BCUT2D eigenvalue weighted by Crippen LogP contribution is -2.29. The van der Waals surface area contributed by atoms with E-state index in [4.69, 9.17) is 0 Å². The van der Waals surface area contributed by atoms with Crippen LogP contribution in [0.3, 0.4) is 0 Å². The molecule has 0 bridgehead atoms. The zero-order valence-corrected chi connectivity index (χ0v) is 13.1. The van der Waals surface area contributed by atoms with Crippen LogP contribution in [-0.4, -0.2) is 48.5 Å². The van der Waals surface area contributed by atoms with Crippen molar-refractivity contribution in [2.75, 3.05) is 38.0 Å². The molecule has 1 saturated heterocycles. The minimum Gasteiger partial charge on any atom is -0.385 e. The van der Waals surface area contributed by atoms with Gasteiger partial charge in [-0.15, -0.1) is 0 Å². The molecule has 0 aliphatic carbocycles. The second-order valence-electron chi connectivity index (χ2n) is 5.78. The van der Waals surface area contributed by atoms with Crippen molar-refractivity contribution < 1.29 is 4.79 Å². The summed E-state index contributed by atoms with van der Waals surface area (Å²) in [5.41, 5.74) is 1.42. The summed E-state index contributed by atoms with van der Waals surface area (Å²) in [4.78, 5) is 18.4. The van der Waals surface area contributed by atoms with E-state index < -0.39 is 0 Å². The molecule has 5 heteroatoms. The maximum atomic E-state index is 11.8. The third-order valence-electron chi connectivity index (χ3n) is 3.75. The normalized spacial score (nSPS) is 16.7. The Bertz CT molecular complexity index is 457. The number of anilines is 1. The van der Waals surface area contributed by atoms with Crippen molar-refractivity contribution in [3.8, 4) is 0 Å². The number of hydrogen-bond donors (Lipinski definition) is 2. The van der Waals surface area contributed by atoms with Crippen LogP contribution in [0.4, 0.5) is 5.69 Å². The Hall–Kier alpha value is -1.62. The second kappa shape index (κ2) is 7.98. The number of nitrogens with zero attached hydrogens (tertiary/aromatic N) is 2. The summed E-state index contributed by atoms with van der Waals surface area (Å²) in [7, 11) is 0. The van der Waals surface area contributed by atoms with Crippen molar-refractivity contribution in [1.29, 1.82) is 0 Å². The van der Waals surface area contributed by atoms with Gasteiger partial charge in [-0.3, -0.25) is 9.78 Å². The highest BCUT2D eigenvalue weighted by molar-refractivity contribution is 5.93. The first-order valence-electron chi connectivity index (χ1n) is 7.89.